The van der Waals surface area contributed by atoms with Gasteiger partial charge in [-0.1, -0.05) is 6.58 Å². The number of esters is 1. The first-order valence-corrected chi connectivity index (χ1v) is 3.72. The molecule has 0 aromatic carbocycles. The third-order valence-corrected chi connectivity index (χ3v) is 1.60. The van der Waals surface area contributed by atoms with E-state index in [1.54, 1.807) is 27.9 Å². The lowest BCUT2D eigenvalue weighted by Gasteiger charge is -2.28. The van der Waals surface area contributed by atoms with E-state index in [0.29, 0.717) is 5.57 Å². The molecule has 0 aliphatic heterocycles. The van der Waals surface area contributed by atoms with Crippen LogP contribution in [0.25, 0.3) is 0 Å². The molecule has 0 atom stereocenters. The van der Waals surface area contributed by atoms with Crippen molar-refractivity contribution in [2.45, 2.75) is 19.7 Å². The molecular formula is C8H16N2O2. The minimum absolute atomic E-state index is 0.381. The molecule has 0 aromatic heterocycles. The molecule has 0 saturated carbocycles. The molecule has 0 aliphatic rings. The van der Waals surface area contributed by atoms with Crippen LogP contribution in [-0.2, 0) is 9.53 Å². The molecule has 0 bridgehead atoms. The van der Waals surface area contributed by atoms with Gasteiger partial charge in [0.25, 0.3) is 0 Å². The maximum absolute atomic E-state index is 11.1. The molecule has 0 heterocycles. The third kappa shape index (κ3) is 3.02. The number of hydrogen-bond acceptors (Lipinski definition) is 4. The number of rotatable bonds is 4. The van der Waals surface area contributed by atoms with Crippen molar-refractivity contribution in [1.29, 1.82) is 0 Å². The van der Waals surface area contributed by atoms with Crippen molar-refractivity contribution in [1.82, 2.24) is 10.6 Å². The number of hydrogen-bond donors (Lipinski definition) is 2. The Bertz CT molecular complexity index is 185. The molecule has 4 heteroatoms. The van der Waals surface area contributed by atoms with Gasteiger partial charge < -0.3 is 4.74 Å². The summed E-state index contributed by atoms with van der Waals surface area (Å²) in [6.45, 7) is 6.80. The first-order valence-electron chi connectivity index (χ1n) is 3.72. The Balaban J connectivity index is 4.21. The fourth-order valence-corrected chi connectivity index (χ4v) is 0.500. The molecule has 0 amide bonds. The zero-order valence-electron chi connectivity index (χ0n) is 8.02. The molecule has 0 spiro atoms. The monoisotopic (exact) mass is 172 g/mol. The fraction of sp³-hybridized carbons (Fsp3) is 0.625. The van der Waals surface area contributed by atoms with Crippen LogP contribution in [0, 0.1) is 0 Å². The SMILES string of the molecule is C=C(C)C(=O)OC(C)(NC)NC. The van der Waals surface area contributed by atoms with Crippen LogP contribution in [0.5, 0.6) is 0 Å². The smallest absolute Gasteiger partial charge is 0.335 e. The minimum atomic E-state index is -0.823. The van der Waals surface area contributed by atoms with Gasteiger partial charge in [-0.3, -0.25) is 10.6 Å². The van der Waals surface area contributed by atoms with Crippen molar-refractivity contribution in [2.75, 3.05) is 14.1 Å². The summed E-state index contributed by atoms with van der Waals surface area (Å²) in [5.41, 5.74) is 0.381. The largest absolute Gasteiger partial charge is 0.427 e. The van der Waals surface area contributed by atoms with Gasteiger partial charge in [0.15, 0.2) is 0 Å². The van der Waals surface area contributed by atoms with Gasteiger partial charge in [-0.2, -0.15) is 0 Å². The predicted octanol–water partition coefficient (Wildman–Crippen LogP) is 0.218. The number of carbonyl (C=O) groups is 1. The summed E-state index contributed by atoms with van der Waals surface area (Å²) >= 11 is 0. The van der Waals surface area contributed by atoms with Gasteiger partial charge in [0.2, 0.25) is 5.85 Å². The summed E-state index contributed by atoms with van der Waals surface area (Å²) < 4.78 is 5.04. The standard InChI is InChI=1S/C8H16N2O2/c1-6(2)7(11)12-8(3,9-4)10-5/h9-10H,1H2,2-5H3. The van der Waals surface area contributed by atoms with E-state index in [4.69, 9.17) is 4.74 Å². The molecule has 0 aromatic rings. The van der Waals surface area contributed by atoms with Crippen LogP contribution < -0.4 is 10.6 Å². The summed E-state index contributed by atoms with van der Waals surface area (Å²) in [6, 6.07) is 0. The van der Waals surface area contributed by atoms with Crippen molar-refractivity contribution >= 4 is 5.97 Å². The van der Waals surface area contributed by atoms with Gasteiger partial charge >= 0.3 is 5.97 Å². The number of ether oxygens (including phenoxy) is 1. The van der Waals surface area contributed by atoms with E-state index in [1.165, 1.54) is 0 Å². The van der Waals surface area contributed by atoms with Crippen molar-refractivity contribution in [3.05, 3.63) is 12.2 Å². The molecule has 0 rings (SSSR count). The first kappa shape index (κ1) is 11.1. The summed E-state index contributed by atoms with van der Waals surface area (Å²) in [7, 11) is 3.39. The van der Waals surface area contributed by atoms with E-state index < -0.39 is 11.8 Å². The Kier molecular flexibility index (Phi) is 3.92. The number of carbonyl (C=O) groups excluding carboxylic acids is 1. The Morgan fingerprint density at radius 2 is 1.83 bits per heavy atom. The average Bonchev–Trinajstić information content (AvgIpc) is 2.04. The molecule has 12 heavy (non-hydrogen) atoms. The molecule has 0 unspecified atom stereocenters. The zero-order chi connectivity index (χ0) is 9.78. The Hall–Kier alpha value is -0.870. The second-order valence-electron chi connectivity index (χ2n) is 2.70. The second kappa shape index (κ2) is 4.23. The van der Waals surface area contributed by atoms with Gasteiger partial charge in [0, 0.05) is 12.5 Å². The van der Waals surface area contributed by atoms with Crippen molar-refractivity contribution in [2.24, 2.45) is 0 Å². The summed E-state index contributed by atoms with van der Waals surface area (Å²) in [6.07, 6.45) is 0. The maximum Gasteiger partial charge on any atom is 0.335 e. The van der Waals surface area contributed by atoms with E-state index in [0.717, 1.165) is 0 Å². The summed E-state index contributed by atoms with van der Waals surface area (Å²) in [4.78, 5) is 11.1. The summed E-state index contributed by atoms with van der Waals surface area (Å²) in [5, 5.41) is 5.64. The van der Waals surface area contributed by atoms with E-state index in [9.17, 15) is 4.79 Å². The van der Waals surface area contributed by atoms with Crippen LogP contribution in [0.3, 0.4) is 0 Å². The lowest BCUT2D eigenvalue weighted by molar-refractivity contribution is -0.159. The highest BCUT2D eigenvalue weighted by Gasteiger charge is 2.24. The normalized spacial score (nSPS) is 11.0. The van der Waals surface area contributed by atoms with Gasteiger partial charge in [-0.05, 0) is 21.0 Å². The van der Waals surface area contributed by atoms with Crippen LogP contribution in [0.1, 0.15) is 13.8 Å². The fourth-order valence-electron chi connectivity index (χ4n) is 0.500. The molecule has 0 fully saturated rings. The quantitative estimate of drug-likeness (QED) is 0.362. The molecule has 4 nitrogen and oxygen atoms in total. The lowest BCUT2D eigenvalue weighted by atomic mass is 10.3. The topological polar surface area (TPSA) is 50.4 Å². The van der Waals surface area contributed by atoms with Crippen molar-refractivity contribution < 1.29 is 9.53 Å². The zero-order valence-corrected chi connectivity index (χ0v) is 8.02. The van der Waals surface area contributed by atoms with Crippen LogP contribution >= 0.6 is 0 Å². The Morgan fingerprint density at radius 1 is 1.42 bits per heavy atom. The highest BCUT2D eigenvalue weighted by molar-refractivity contribution is 5.87. The second-order valence-corrected chi connectivity index (χ2v) is 2.70. The van der Waals surface area contributed by atoms with Crippen LogP contribution in [0.4, 0.5) is 0 Å². The molecule has 70 valence electrons. The van der Waals surface area contributed by atoms with E-state index in [1.807, 2.05) is 0 Å². The van der Waals surface area contributed by atoms with E-state index in [2.05, 4.69) is 17.2 Å². The number of nitrogens with one attached hydrogen (secondary N) is 2. The van der Waals surface area contributed by atoms with Gasteiger partial charge in [-0.15, -0.1) is 0 Å². The molecule has 0 saturated heterocycles. The predicted molar refractivity (Wildman–Crippen MR) is 47.4 cm³/mol. The highest BCUT2D eigenvalue weighted by Crippen LogP contribution is 2.03. The van der Waals surface area contributed by atoms with Crippen LogP contribution in [0.15, 0.2) is 12.2 Å². The first-order chi connectivity index (χ1) is 5.45. The highest BCUT2D eigenvalue weighted by atomic mass is 16.6. The van der Waals surface area contributed by atoms with Crippen molar-refractivity contribution in [3.63, 3.8) is 0 Å². The van der Waals surface area contributed by atoms with Gasteiger partial charge in [0.1, 0.15) is 0 Å². The van der Waals surface area contributed by atoms with Crippen LogP contribution in [-0.4, -0.2) is 25.9 Å². The Labute approximate surface area is 73.0 Å². The van der Waals surface area contributed by atoms with E-state index >= 15 is 0 Å². The van der Waals surface area contributed by atoms with Crippen LogP contribution in [0.2, 0.25) is 0 Å². The Morgan fingerprint density at radius 3 is 2.08 bits per heavy atom. The molecular weight excluding hydrogens is 156 g/mol. The summed E-state index contributed by atoms with van der Waals surface area (Å²) in [5.74, 6) is -1.24. The van der Waals surface area contributed by atoms with Gasteiger partial charge in [0.05, 0.1) is 0 Å². The lowest BCUT2D eigenvalue weighted by Crippen LogP contribution is -2.54. The molecule has 0 radical (unpaired) electrons. The van der Waals surface area contributed by atoms with E-state index in [-0.39, 0.29) is 0 Å². The molecule has 0 aliphatic carbocycles. The third-order valence-electron chi connectivity index (χ3n) is 1.60. The minimum Gasteiger partial charge on any atom is -0.427 e. The van der Waals surface area contributed by atoms with Crippen molar-refractivity contribution in [3.8, 4) is 0 Å². The van der Waals surface area contributed by atoms with Gasteiger partial charge in [-0.25, -0.2) is 4.79 Å². The average molecular weight is 172 g/mol. The molecule has 2 N–H and O–H groups in total. The maximum atomic E-state index is 11.1.